The number of fused-ring (bicyclic) bond motifs is 2. The fourth-order valence-electron chi connectivity index (χ4n) is 2.69. The first-order valence-corrected chi connectivity index (χ1v) is 6.50. The van der Waals surface area contributed by atoms with Gasteiger partial charge in [-0.05, 0) is 33.1 Å². The van der Waals surface area contributed by atoms with Crippen molar-refractivity contribution in [3.63, 3.8) is 0 Å². The van der Waals surface area contributed by atoms with Crippen molar-refractivity contribution >= 4 is 5.97 Å². The molecule has 0 aromatic rings. The summed E-state index contributed by atoms with van der Waals surface area (Å²) < 4.78 is 10.6. The molecule has 3 atom stereocenters. The largest absolute Gasteiger partial charge is 0.465 e. The van der Waals surface area contributed by atoms with Crippen LogP contribution < -0.4 is 5.32 Å². The minimum Gasteiger partial charge on any atom is -0.465 e. The van der Waals surface area contributed by atoms with Crippen molar-refractivity contribution in [2.45, 2.75) is 57.2 Å². The van der Waals surface area contributed by atoms with Gasteiger partial charge in [-0.3, -0.25) is 4.79 Å². The monoisotopic (exact) mass is 241 g/mol. The molecule has 4 nitrogen and oxygen atoms in total. The average molecular weight is 241 g/mol. The number of methoxy groups -OCH3 is 1. The number of esters is 1. The molecule has 0 aromatic carbocycles. The quantitative estimate of drug-likeness (QED) is 0.741. The molecule has 0 aromatic heterocycles. The highest BCUT2D eigenvalue weighted by Gasteiger charge is 2.43. The molecular formula is C13H23NO3. The van der Waals surface area contributed by atoms with E-state index in [-0.39, 0.29) is 17.5 Å². The van der Waals surface area contributed by atoms with E-state index in [0.29, 0.717) is 18.7 Å². The Morgan fingerprint density at radius 3 is 2.71 bits per heavy atom. The van der Waals surface area contributed by atoms with Gasteiger partial charge in [0, 0.05) is 25.6 Å². The first-order valence-electron chi connectivity index (χ1n) is 6.50. The number of hydrogen-bond donors (Lipinski definition) is 1. The van der Waals surface area contributed by atoms with Crippen LogP contribution in [0.1, 0.15) is 39.5 Å². The van der Waals surface area contributed by atoms with Crippen molar-refractivity contribution in [2.75, 3.05) is 13.7 Å². The van der Waals surface area contributed by atoms with Crippen LogP contribution in [0.3, 0.4) is 0 Å². The van der Waals surface area contributed by atoms with Crippen LogP contribution >= 0.6 is 0 Å². The van der Waals surface area contributed by atoms with E-state index in [0.717, 1.165) is 19.3 Å². The van der Waals surface area contributed by atoms with E-state index in [2.05, 4.69) is 5.32 Å². The standard InChI is InChI=1S/C13H23NO3/c1-13(2,16-3)6-7-17-12(15)10-8-9-4-5-11(10)14-9/h9-11,14H,4-8H2,1-3H3. The Morgan fingerprint density at radius 1 is 1.41 bits per heavy atom. The molecule has 2 fully saturated rings. The fourth-order valence-corrected chi connectivity index (χ4v) is 2.69. The van der Waals surface area contributed by atoms with E-state index >= 15 is 0 Å². The lowest BCUT2D eigenvalue weighted by Gasteiger charge is -2.23. The van der Waals surface area contributed by atoms with Crippen LogP contribution in [-0.4, -0.2) is 37.4 Å². The SMILES string of the molecule is COC(C)(C)CCOC(=O)C1CC2CCC1N2. The van der Waals surface area contributed by atoms with Gasteiger partial charge in [-0.15, -0.1) is 0 Å². The van der Waals surface area contributed by atoms with Gasteiger partial charge in [-0.2, -0.15) is 0 Å². The van der Waals surface area contributed by atoms with Crippen LogP contribution in [0.2, 0.25) is 0 Å². The molecule has 0 amide bonds. The van der Waals surface area contributed by atoms with Crippen LogP contribution in [-0.2, 0) is 14.3 Å². The number of carbonyl (C=O) groups is 1. The van der Waals surface area contributed by atoms with E-state index in [9.17, 15) is 4.79 Å². The Kier molecular flexibility index (Phi) is 3.73. The summed E-state index contributed by atoms with van der Waals surface area (Å²) in [5.41, 5.74) is -0.215. The highest BCUT2D eigenvalue weighted by Crippen LogP contribution is 2.33. The molecule has 17 heavy (non-hydrogen) atoms. The Balaban J connectivity index is 1.71. The summed E-state index contributed by atoms with van der Waals surface area (Å²) in [6.45, 7) is 4.45. The molecule has 2 aliphatic heterocycles. The van der Waals surface area contributed by atoms with Crippen LogP contribution in [0.5, 0.6) is 0 Å². The van der Waals surface area contributed by atoms with Crippen LogP contribution in [0.25, 0.3) is 0 Å². The summed E-state index contributed by atoms with van der Waals surface area (Å²) in [5, 5.41) is 3.45. The molecule has 0 aliphatic carbocycles. The molecule has 2 rings (SSSR count). The molecule has 2 saturated heterocycles. The maximum atomic E-state index is 11.9. The number of hydrogen-bond acceptors (Lipinski definition) is 4. The van der Waals surface area contributed by atoms with E-state index in [1.54, 1.807) is 7.11 Å². The molecule has 1 N–H and O–H groups in total. The van der Waals surface area contributed by atoms with Crippen LogP contribution in [0.15, 0.2) is 0 Å². The Labute approximate surface area is 103 Å². The van der Waals surface area contributed by atoms with E-state index < -0.39 is 0 Å². The molecule has 3 unspecified atom stereocenters. The smallest absolute Gasteiger partial charge is 0.310 e. The van der Waals surface area contributed by atoms with E-state index in [1.165, 1.54) is 6.42 Å². The molecule has 2 aliphatic rings. The molecule has 4 heteroatoms. The first-order chi connectivity index (χ1) is 8.02. The van der Waals surface area contributed by atoms with E-state index in [4.69, 9.17) is 9.47 Å². The highest BCUT2D eigenvalue weighted by atomic mass is 16.5. The fraction of sp³-hybridized carbons (Fsp3) is 0.923. The third-order valence-corrected chi connectivity index (χ3v) is 4.10. The summed E-state index contributed by atoms with van der Waals surface area (Å²) in [6.07, 6.45) is 4.03. The van der Waals surface area contributed by atoms with E-state index in [1.807, 2.05) is 13.8 Å². The van der Waals surface area contributed by atoms with Gasteiger partial charge in [-0.25, -0.2) is 0 Å². The summed E-state index contributed by atoms with van der Waals surface area (Å²) in [6, 6.07) is 0.913. The second-order valence-electron chi connectivity index (χ2n) is 5.77. The van der Waals surface area contributed by atoms with Gasteiger partial charge in [0.2, 0.25) is 0 Å². The van der Waals surface area contributed by atoms with Gasteiger partial charge in [0.15, 0.2) is 0 Å². The Hall–Kier alpha value is -0.610. The van der Waals surface area contributed by atoms with Crippen molar-refractivity contribution in [2.24, 2.45) is 5.92 Å². The number of nitrogens with one attached hydrogen (secondary N) is 1. The molecule has 0 spiro atoms. The predicted octanol–water partition coefficient (Wildman–Crippen LogP) is 1.49. The summed E-state index contributed by atoms with van der Waals surface area (Å²) in [5.74, 6) is 0.0519. The summed E-state index contributed by atoms with van der Waals surface area (Å²) >= 11 is 0. The Morgan fingerprint density at radius 2 is 2.18 bits per heavy atom. The maximum Gasteiger partial charge on any atom is 0.310 e. The third kappa shape index (κ3) is 2.99. The van der Waals surface area contributed by atoms with Gasteiger partial charge < -0.3 is 14.8 Å². The third-order valence-electron chi connectivity index (χ3n) is 4.10. The number of rotatable bonds is 5. The molecule has 2 heterocycles. The highest BCUT2D eigenvalue weighted by molar-refractivity contribution is 5.74. The maximum absolute atomic E-state index is 11.9. The van der Waals surface area contributed by atoms with Gasteiger partial charge in [0.05, 0.1) is 18.1 Å². The normalized spacial score (nSPS) is 31.8. The zero-order valence-electron chi connectivity index (χ0n) is 11.0. The molecule has 0 saturated carbocycles. The molecule has 2 bridgehead atoms. The minimum atomic E-state index is -0.215. The first kappa shape index (κ1) is 12.8. The van der Waals surface area contributed by atoms with Crippen molar-refractivity contribution in [1.29, 1.82) is 0 Å². The lowest BCUT2D eigenvalue weighted by molar-refractivity contribution is -0.150. The van der Waals surface area contributed by atoms with Crippen LogP contribution in [0.4, 0.5) is 0 Å². The van der Waals surface area contributed by atoms with Crippen molar-refractivity contribution in [3.05, 3.63) is 0 Å². The molecular weight excluding hydrogens is 218 g/mol. The van der Waals surface area contributed by atoms with Gasteiger partial charge >= 0.3 is 5.97 Å². The van der Waals surface area contributed by atoms with Gasteiger partial charge in [0.25, 0.3) is 0 Å². The molecule has 0 radical (unpaired) electrons. The van der Waals surface area contributed by atoms with Gasteiger partial charge in [0.1, 0.15) is 0 Å². The van der Waals surface area contributed by atoms with Crippen LogP contribution in [0, 0.1) is 5.92 Å². The summed E-state index contributed by atoms with van der Waals surface area (Å²) in [4.78, 5) is 11.9. The second-order valence-corrected chi connectivity index (χ2v) is 5.77. The number of carbonyl (C=O) groups excluding carboxylic acids is 1. The van der Waals surface area contributed by atoms with Crippen molar-refractivity contribution < 1.29 is 14.3 Å². The predicted molar refractivity (Wildman–Crippen MR) is 64.7 cm³/mol. The molecule has 98 valence electrons. The summed E-state index contributed by atoms with van der Waals surface area (Å²) in [7, 11) is 1.68. The lowest BCUT2D eigenvalue weighted by Crippen LogP contribution is -2.31. The van der Waals surface area contributed by atoms with Gasteiger partial charge in [-0.1, -0.05) is 0 Å². The zero-order valence-corrected chi connectivity index (χ0v) is 11.0. The van der Waals surface area contributed by atoms with Crippen molar-refractivity contribution in [3.8, 4) is 0 Å². The minimum absolute atomic E-state index is 0.0309. The topological polar surface area (TPSA) is 47.6 Å². The Bertz CT molecular complexity index is 290. The van der Waals surface area contributed by atoms with Crippen molar-refractivity contribution in [1.82, 2.24) is 5.32 Å². The number of ether oxygens (including phenoxy) is 2. The zero-order chi connectivity index (χ0) is 12.5. The second kappa shape index (κ2) is 4.94. The lowest BCUT2D eigenvalue weighted by atomic mass is 9.89. The average Bonchev–Trinajstić information content (AvgIpc) is 2.90.